The van der Waals surface area contributed by atoms with Crippen LogP contribution >= 0.6 is 0 Å². The second-order valence-corrected chi connectivity index (χ2v) is 5.41. The third-order valence-electron chi connectivity index (χ3n) is 4.04. The SMILES string of the molecule is CCc1nccn2c(-c3ccnc(N4CCOCC4)n3)cnc12. The predicted molar refractivity (Wildman–Crippen MR) is 86.4 cm³/mol. The lowest BCUT2D eigenvalue weighted by molar-refractivity contribution is 0.122. The van der Waals surface area contributed by atoms with E-state index in [9.17, 15) is 0 Å². The van der Waals surface area contributed by atoms with Crippen LogP contribution < -0.4 is 4.90 Å². The van der Waals surface area contributed by atoms with Crippen LogP contribution in [-0.4, -0.2) is 50.6 Å². The van der Waals surface area contributed by atoms with Crippen molar-refractivity contribution in [2.24, 2.45) is 0 Å². The molecular formula is C16H18N6O. The van der Waals surface area contributed by atoms with Crippen molar-refractivity contribution in [3.8, 4) is 11.4 Å². The molecule has 23 heavy (non-hydrogen) atoms. The van der Waals surface area contributed by atoms with Gasteiger partial charge in [-0.25, -0.2) is 15.0 Å². The molecule has 0 aromatic carbocycles. The lowest BCUT2D eigenvalue weighted by Crippen LogP contribution is -2.37. The highest BCUT2D eigenvalue weighted by Crippen LogP contribution is 2.21. The van der Waals surface area contributed by atoms with Crippen molar-refractivity contribution < 1.29 is 4.74 Å². The second kappa shape index (κ2) is 5.92. The molecule has 4 heterocycles. The molecule has 0 spiro atoms. The molecule has 0 aliphatic carbocycles. The average Bonchev–Trinajstić information content (AvgIpc) is 3.07. The highest BCUT2D eigenvalue weighted by Gasteiger charge is 2.16. The minimum Gasteiger partial charge on any atom is -0.378 e. The van der Waals surface area contributed by atoms with Crippen molar-refractivity contribution in [2.75, 3.05) is 31.2 Å². The summed E-state index contributed by atoms with van der Waals surface area (Å²) >= 11 is 0. The molecule has 118 valence electrons. The van der Waals surface area contributed by atoms with Crippen molar-refractivity contribution in [1.29, 1.82) is 0 Å². The van der Waals surface area contributed by atoms with Crippen LogP contribution in [0.1, 0.15) is 12.6 Å². The lowest BCUT2D eigenvalue weighted by Gasteiger charge is -2.26. The van der Waals surface area contributed by atoms with E-state index in [2.05, 4.69) is 26.8 Å². The first-order chi connectivity index (χ1) is 11.4. The minimum absolute atomic E-state index is 0.717. The van der Waals surface area contributed by atoms with Gasteiger partial charge in [-0.05, 0) is 12.5 Å². The van der Waals surface area contributed by atoms with Gasteiger partial charge in [0.25, 0.3) is 0 Å². The van der Waals surface area contributed by atoms with Gasteiger partial charge in [0.1, 0.15) is 0 Å². The van der Waals surface area contributed by atoms with Gasteiger partial charge < -0.3 is 9.64 Å². The summed E-state index contributed by atoms with van der Waals surface area (Å²) in [4.78, 5) is 20.2. The fourth-order valence-electron chi connectivity index (χ4n) is 2.82. The Balaban J connectivity index is 1.76. The van der Waals surface area contributed by atoms with Gasteiger partial charge in [-0.2, -0.15) is 0 Å². The van der Waals surface area contributed by atoms with E-state index in [1.165, 1.54) is 0 Å². The summed E-state index contributed by atoms with van der Waals surface area (Å²) in [5.41, 5.74) is 3.69. The molecule has 0 radical (unpaired) electrons. The number of morpholine rings is 1. The molecule has 7 heteroatoms. The third-order valence-corrected chi connectivity index (χ3v) is 4.04. The van der Waals surface area contributed by atoms with E-state index in [1.807, 2.05) is 22.9 Å². The zero-order valence-electron chi connectivity index (χ0n) is 13.0. The number of nitrogens with zero attached hydrogens (tertiary/aromatic N) is 6. The molecule has 0 atom stereocenters. The number of rotatable bonds is 3. The Bertz CT molecular complexity index is 824. The molecule has 1 aliphatic rings. The first kappa shape index (κ1) is 14.1. The van der Waals surface area contributed by atoms with Gasteiger partial charge >= 0.3 is 0 Å². The Kier molecular flexibility index (Phi) is 3.63. The number of fused-ring (bicyclic) bond motifs is 1. The molecule has 0 saturated carbocycles. The first-order valence-electron chi connectivity index (χ1n) is 7.84. The average molecular weight is 310 g/mol. The molecule has 4 rings (SSSR count). The van der Waals surface area contributed by atoms with Crippen LogP contribution in [0.25, 0.3) is 17.0 Å². The Morgan fingerprint density at radius 1 is 1.13 bits per heavy atom. The summed E-state index contributed by atoms with van der Waals surface area (Å²) in [6, 6.07) is 1.92. The van der Waals surface area contributed by atoms with Gasteiger partial charge in [0.15, 0.2) is 5.65 Å². The Labute approximate surface area is 134 Å². The van der Waals surface area contributed by atoms with Crippen LogP contribution in [0.5, 0.6) is 0 Å². The Morgan fingerprint density at radius 2 is 2.00 bits per heavy atom. The standard InChI is InChI=1S/C16H18N6O/c1-2-12-15-19-11-14(22(15)6-5-17-12)13-3-4-18-16(20-13)21-7-9-23-10-8-21/h3-6,11H,2,7-10H2,1H3. The minimum atomic E-state index is 0.717. The van der Waals surface area contributed by atoms with Gasteiger partial charge in [0, 0.05) is 31.7 Å². The zero-order valence-corrected chi connectivity index (χ0v) is 13.0. The summed E-state index contributed by atoms with van der Waals surface area (Å²) in [6.45, 7) is 5.16. The van der Waals surface area contributed by atoms with Gasteiger partial charge in [0.05, 0.1) is 36.5 Å². The normalized spacial score (nSPS) is 15.3. The molecule has 7 nitrogen and oxygen atoms in total. The van der Waals surface area contributed by atoms with Crippen LogP contribution in [0, 0.1) is 0 Å². The number of hydrogen-bond donors (Lipinski definition) is 0. The second-order valence-electron chi connectivity index (χ2n) is 5.41. The van der Waals surface area contributed by atoms with Gasteiger partial charge in [0.2, 0.25) is 5.95 Å². The maximum Gasteiger partial charge on any atom is 0.226 e. The fourth-order valence-corrected chi connectivity index (χ4v) is 2.82. The molecule has 3 aromatic heterocycles. The smallest absolute Gasteiger partial charge is 0.226 e. The van der Waals surface area contributed by atoms with Crippen molar-refractivity contribution in [2.45, 2.75) is 13.3 Å². The highest BCUT2D eigenvalue weighted by molar-refractivity contribution is 5.62. The summed E-state index contributed by atoms with van der Waals surface area (Å²) < 4.78 is 7.43. The molecule has 1 fully saturated rings. The predicted octanol–water partition coefficient (Wildman–Crippen LogP) is 1.59. The van der Waals surface area contributed by atoms with E-state index in [0.29, 0.717) is 13.2 Å². The van der Waals surface area contributed by atoms with E-state index in [-0.39, 0.29) is 0 Å². The van der Waals surface area contributed by atoms with Gasteiger partial charge in [-0.15, -0.1) is 0 Å². The zero-order chi connectivity index (χ0) is 15.6. The quantitative estimate of drug-likeness (QED) is 0.732. The van der Waals surface area contributed by atoms with Crippen LogP contribution in [0.3, 0.4) is 0 Å². The van der Waals surface area contributed by atoms with Crippen LogP contribution in [0.2, 0.25) is 0 Å². The van der Waals surface area contributed by atoms with Crippen LogP contribution in [0.4, 0.5) is 5.95 Å². The van der Waals surface area contributed by atoms with E-state index in [0.717, 1.165) is 48.2 Å². The number of imidazole rings is 1. The van der Waals surface area contributed by atoms with Crippen molar-refractivity contribution >= 4 is 11.6 Å². The van der Waals surface area contributed by atoms with Crippen molar-refractivity contribution in [1.82, 2.24) is 24.3 Å². The summed E-state index contributed by atoms with van der Waals surface area (Å²) in [5, 5.41) is 0. The Morgan fingerprint density at radius 3 is 2.83 bits per heavy atom. The van der Waals surface area contributed by atoms with E-state index >= 15 is 0 Å². The number of aromatic nitrogens is 5. The van der Waals surface area contributed by atoms with Gasteiger partial charge in [-0.1, -0.05) is 6.92 Å². The third kappa shape index (κ3) is 2.53. The molecule has 1 aliphatic heterocycles. The van der Waals surface area contributed by atoms with Gasteiger partial charge in [-0.3, -0.25) is 9.38 Å². The first-order valence-corrected chi connectivity index (χ1v) is 7.84. The van der Waals surface area contributed by atoms with Crippen molar-refractivity contribution in [3.05, 3.63) is 36.5 Å². The van der Waals surface area contributed by atoms with E-state index < -0.39 is 0 Å². The molecular weight excluding hydrogens is 292 g/mol. The number of hydrogen-bond acceptors (Lipinski definition) is 6. The van der Waals surface area contributed by atoms with Crippen LogP contribution in [0.15, 0.2) is 30.9 Å². The monoisotopic (exact) mass is 310 g/mol. The molecule has 0 bridgehead atoms. The summed E-state index contributed by atoms with van der Waals surface area (Å²) in [6.07, 6.45) is 8.23. The summed E-state index contributed by atoms with van der Waals surface area (Å²) in [7, 11) is 0. The maximum absolute atomic E-state index is 5.39. The molecule has 3 aromatic rings. The van der Waals surface area contributed by atoms with E-state index in [4.69, 9.17) is 9.72 Å². The topological polar surface area (TPSA) is 68.4 Å². The largest absolute Gasteiger partial charge is 0.378 e. The highest BCUT2D eigenvalue weighted by atomic mass is 16.5. The maximum atomic E-state index is 5.39. The number of aryl methyl sites for hydroxylation is 1. The lowest BCUT2D eigenvalue weighted by atomic mass is 10.3. The molecule has 0 N–H and O–H groups in total. The fraction of sp³-hybridized carbons (Fsp3) is 0.375. The Hall–Kier alpha value is -2.54. The number of anilines is 1. The molecule has 0 amide bonds. The van der Waals surface area contributed by atoms with Crippen molar-refractivity contribution in [3.63, 3.8) is 0 Å². The molecule has 0 unspecified atom stereocenters. The van der Waals surface area contributed by atoms with Crippen LogP contribution in [-0.2, 0) is 11.2 Å². The number of ether oxygens (including phenoxy) is 1. The summed E-state index contributed by atoms with van der Waals surface area (Å²) in [5.74, 6) is 0.741. The van der Waals surface area contributed by atoms with E-state index in [1.54, 1.807) is 12.4 Å². The molecule has 1 saturated heterocycles.